The first-order chi connectivity index (χ1) is 12.6. The lowest BCUT2D eigenvalue weighted by atomic mass is 10.3. The second-order valence-electron chi connectivity index (χ2n) is 5.94. The Balaban J connectivity index is 1.42. The molecule has 2 fully saturated rings. The third kappa shape index (κ3) is 5.37. The Morgan fingerprint density at radius 1 is 1.38 bits per heavy atom. The number of carbonyl (C=O) groups is 2. The molecule has 2 aliphatic rings. The van der Waals surface area contributed by atoms with Crippen molar-refractivity contribution in [2.24, 2.45) is 0 Å². The molecular formula is C17H21N3O3S3. The smallest absolute Gasteiger partial charge is 0.266 e. The molecule has 0 aliphatic carbocycles. The zero-order valence-electron chi connectivity index (χ0n) is 14.3. The molecule has 2 saturated heterocycles. The van der Waals surface area contributed by atoms with Gasteiger partial charge in [0.25, 0.3) is 5.91 Å². The maximum Gasteiger partial charge on any atom is 0.266 e. The van der Waals surface area contributed by atoms with E-state index in [0.717, 1.165) is 44.1 Å². The summed E-state index contributed by atoms with van der Waals surface area (Å²) in [6, 6.07) is 3.87. The van der Waals surface area contributed by atoms with Crippen LogP contribution in [0.2, 0.25) is 0 Å². The van der Waals surface area contributed by atoms with E-state index < -0.39 is 0 Å². The van der Waals surface area contributed by atoms with Gasteiger partial charge in [0.2, 0.25) is 5.91 Å². The average molecular weight is 412 g/mol. The number of carbonyl (C=O) groups excluding carboxylic acids is 2. The van der Waals surface area contributed by atoms with Crippen molar-refractivity contribution >= 4 is 57.5 Å². The molecule has 3 heterocycles. The van der Waals surface area contributed by atoms with Gasteiger partial charge in [0.1, 0.15) is 10.9 Å². The molecule has 2 aliphatic heterocycles. The highest BCUT2D eigenvalue weighted by Gasteiger charge is 2.33. The van der Waals surface area contributed by atoms with Gasteiger partial charge in [-0.25, -0.2) is 0 Å². The molecule has 0 unspecified atom stereocenters. The van der Waals surface area contributed by atoms with Gasteiger partial charge in [-0.2, -0.15) is 0 Å². The third-order valence-electron chi connectivity index (χ3n) is 4.07. The minimum atomic E-state index is -0.197. The third-order valence-corrected chi connectivity index (χ3v) is 6.27. The summed E-state index contributed by atoms with van der Waals surface area (Å²) < 4.78 is 5.74. The molecule has 0 atom stereocenters. The van der Waals surface area contributed by atoms with Crippen LogP contribution in [0.5, 0.6) is 0 Å². The van der Waals surface area contributed by atoms with Crippen molar-refractivity contribution in [3.8, 4) is 0 Å². The molecule has 1 aromatic heterocycles. The molecule has 0 saturated carbocycles. The van der Waals surface area contributed by atoms with Crippen LogP contribution in [0.3, 0.4) is 0 Å². The molecule has 1 N–H and O–H groups in total. The predicted molar refractivity (Wildman–Crippen MR) is 109 cm³/mol. The van der Waals surface area contributed by atoms with E-state index >= 15 is 0 Å². The predicted octanol–water partition coefficient (Wildman–Crippen LogP) is 1.79. The molecule has 9 heteroatoms. The molecule has 2 amide bonds. The largest absolute Gasteiger partial charge is 0.379 e. The highest BCUT2D eigenvalue weighted by atomic mass is 32.2. The number of thiophene rings is 1. The maximum atomic E-state index is 12.5. The molecule has 3 rings (SSSR count). The van der Waals surface area contributed by atoms with Crippen molar-refractivity contribution in [2.45, 2.75) is 6.42 Å². The van der Waals surface area contributed by atoms with Crippen LogP contribution in [-0.4, -0.2) is 71.9 Å². The van der Waals surface area contributed by atoms with Crippen molar-refractivity contribution in [2.75, 3.05) is 45.9 Å². The van der Waals surface area contributed by atoms with Crippen LogP contribution in [-0.2, 0) is 14.3 Å². The molecular weight excluding hydrogens is 390 g/mol. The maximum absolute atomic E-state index is 12.5. The number of nitrogens with one attached hydrogen (secondary N) is 1. The van der Waals surface area contributed by atoms with Crippen LogP contribution in [0, 0.1) is 0 Å². The molecule has 0 radical (unpaired) electrons. The van der Waals surface area contributed by atoms with Crippen molar-refractivity contribution in [1.29, 1.82) is 0 Å². The summed E-state index contributed by atoms with van der Waals surface area (Å²) in [6.07, 6.45) is 2.70. The SMILES string of the molecule is O=C(CN1C(=O)C(=Cc2cccs2)SC1=S)NCCCN1CCOCC1. The second kappa shape index (κ2) is 9.61. The Kier molecular flexibility index (Phi) is 7.21. The van der Waals surface area contributed by atoms with Crippen LogP contribution in [0.15, 0.2) is 22.4 Å². The average Bonchev–Trinajstić information content (AvgIpc) is 3.24. The molecule has 0 aromatic carbocycles. The quantitative estimate of drug-likeness (QED) is 0.419. The van der Waals surface area contributed by atoms with Gasteiger partial charge in [-0.1, -0.05) is 30.0 Å². The molecule has 0 spiro atoms. The van der Waals surface area contributed by atoms with E-state index in [0.29, 0.717) is 15.8 Å². The highest BCUT2D eigenvalue weighted by Crippen LogP contribution is 2.32. The van der Waals surface area contributed by atoms with E-state index in [1.54, 1.807) is 11.3 Å². The zero-order chi connectivity index (χ0) is 18.4. The number of hydrogen-bond donors (Lipinski definition) is 1. The van der Waals surface area contributed by atoms with Crippen LogP contribution < -0.4 is 5.32 Å². The minimum absolute atomic E-state index is 0.0238. The summed E-state index contributed by atoms with van der Waals surface area (Å²) in [5.74, 6) is -0.377. The summed E-state index contributed by atoms with van der Waals surface area (Å²) in [5, 5.41) is 4.83. The summed E-state index contributed by atoms with van der Waals surface area (Å²) in [7, 11) is 0. The van der Waals surface area contributed by atoms with E-state index in [1.165, 1.54) is 16.7 Å². The van der Waals surface area contributed by atoms with Crippen molar-refractivity contribution in [1.82, 2.24) is 15.1 Å². The number of thiocarbonyl (C=S) groups is 1. The Bertz CT molecular complexity index is 685. The fourth-order valence-electron chi connectivity index (χ4n) is 2.69. The van der Waals surface area contributed by atoms with Crippen molar-refractivity contribution in [3.63, 3.8) is 0 Å². The van der Waals surface area contributed by atoms with Gasteiger partial charge in [0, 0.05) is 24.5 Å². The Labute approximate surface area is 166 Å². The van der Waals surface area contributed by atoms with Crippen molar-refractivity contribution < 1.29 is 14.3 Å². The first-order valence-corrected chi connectivity index (χ1v) is 10.6. The number of nitrogens with zero attached hydrogens (tertiary/aromatic N) is 2. The Morgan fingerprint density at radius 2 is 2.19 bits per heavy atom. The van der Waals surface area contributed by atoms with Crippen molar-refractivity contribution in [3.05, 3.63) is 27.3 Å². The highest BCUT2D eigenvalue weighted by molar-refractivity contribution is 8.26. The minimum Gasteiger partial charge on any atom is -0.379 e. The molecule has 140 valence electrons. The number of thioether (sulfide) groups is 1. The van der Waals surface area contributed by atoms with Crippen LogP contribution in [0.4, 0.5) is 0 Å². The fraction of sp³-hybridized carbons (Fsp3) is 0.471. The van der Waals surface area contributed by atoms with Gasteiger partial charge in [-0.15, -0.1) is 11.3 Å². The van der Waals surface area contributed by atoms with E-state index in [-0.39, 0.29) is 18.4 Å². The molecule has 26 heavy (non-hydrogen) atoms. The standard InChI is InChI=1S/C17H21N3O3S3/c21-15(18-4-2-5-19-6-8-23-9-7-19)12-20-16(22)14(26-17(20)24)11-13-3-1-10-25-13/h1,3,10-11H,2,4-9,12H2,(H,18,21). The summed E-state index contributed by atoms with van der Waals surface area (Å²) in [5.41, 5.74) is 0. The fourth-order valence-corrected chi connectivity index (χ4v) is 4.67. The van der Waals surface area contributed by atoms with Gasteiger partial charge >= 0.3 is 0 Å². The van der Waals surface area contributed by atoms with Crippen LogP contribution in [0.25, 0.3) is 6.08 Å². The number of amides is 2. The zero-order valence-corrected chi connectivity index (χ0v) is 16.8. The second-order valence-corrected chi connectivity index (χ2v) is 8.60. The Hall–Kier alpha value is -1.26. The lowest BCUT2D eigenvalue weighted by molar-refractivity contribution is -0.128. The van der Waals surface area contributed by atoms with Gasteiger partial charge in [-0.05, 0) is 30.5 Å². The van der Waals surface area contributed by atoms with Gasteiger partial charge in [0.05, 0.1) is 18.1 Å². The van der Waals surface area contributed by atoms with E-state index in [2.05, 4.69) is 10.2 Å². The Morgan fingerprint density at radius 3 is 2.92 bits per heavy atom. The summed E-state index contributed by atoms with van der Waals surface area (Å²) in [6.45, 7) is 4.95. The van der Waals surface area contributed by atoms with E-state index in [9.17, 15) is 9.59 Å². The van der Waals surface area contributed by atoms with E-state index in [4.69, 9.17) is 17.0 Å². The molecule has 0 bridgehead atoms. The molecule has 1 aromatic rings. The summed E-state index contributed by atoms with van der Waals surface area (Å²) >= 11 is 8.07. The number of rotatable bonds is 7. The lowest BCUT2D eigenvalue weighted by Crippen LogP contribution is -2.41. The first kappa shape index (κ1) is 19.5. The topological polar surface area (TPSA) is 61.9 Å². The van der Waals surface area contributed by atoms with Gasteiger partial charge in [-0.3, -0.25) is 19.4 Å². The van der Waals surface area contributed by atoms with E-state index in [1.807, 2.05) is 23.6 Å². The van der Waals surface area contributed by atoms with Crippen LogP contribution >= 0.6 is 35.3 Å². The number of hydrogen-bond acceptors (Lipinski definition) is 7. The monoisotopic (exact) mass is 411 g/mol. The lowest BCUT2D eigenvalue weighted by Gasteiger charge is -2.26. The number of ether oxygens (including phenoxy) is 1. The van der Waals surface area contributed by atoms with Crippen LogP contribution in [0.1, 0.15) is 11.3 Å². The van der Waals surface area contributed by atoms with Gasteiger partial charge < -0.3 is 10.1 Å². The normalized spacial score (nSPS) is 20.2. The van der Waals surface area contributed by atoms with Gasteiger partial charge in [0.15, 0.2) is 0 Å². The first-order valence-electron chi connectivity index (χ1n) is 8.49. The number of morpholine rings is 1. The molecule has 6 nitrogen and oxygen atoms in total. The summed E-state index contributed by atoms with van der Waals surface area (Å²) in [4.78, 5) is 29.9.